The zero-order chi connectivity index (χ0) is 31.4. The van der Waals surface area contributed by atoms with E-state index in [1.165, 1.54) is 36.4 Å². The molecule has 2 heterocycles. The maximum absolute atomic E-state index is 14.7. The third-order valence-electron chi connectivity index (χ3n) is 8.26. The van der Waals surface area contributed by atoms with Gasteiger partial charge in [0.15, 0.2) is 5.79 Å². The Balaban J connectivity index is 1.41. The van der Waals surface area contributed by atoms with E-state index in [4.69, 9.17) is 14.2 Å². The van der Waals surface area contributed by atoms with Gasteiger partial charge in [-0.25, -0.2) is 18.5 Å². The van der Waals surface area contributed by atoms with Crippen LogP contribution in [0.1, 0.15) is 41.6 Å². The summed E-state index contributed by atoms with van der Waals surface area (Å²) >= 11 is 0. The van der Waals surface area contributed by atoms with Crippen LogP contribution in [0, 0.1) is 17.6 Å². The van der Waals surface area contributed by atoms with Gasteiger partial charge in [-0.1, -0.05) is 54.6 Å². The molecule has 0 aliphatic carbocycles. The van der Waals surface area contributed by atoms with E-state index < -0.39 is 47.4 Å². The number of hydrogen-bond acceptors (Lipinski definition) is 7. The molecule has 45 heavy (non-hydrogen) atoms. The second kappa shape index (κ2) is 13.1. The SMILES string of the molecule is O=C1OC[C@H](c2ccccc2)N1C(=O)[C@H](CCC1(c2ccc(F)cc2)OCCO1)[C@H](Nc1ccc(F)cc1)c1ccc(O)cc1. The first-order chi connectivity index (χ1) is 21.8. The Bertz CT molecular complexity index is 1610. The number of imide groups is 1. The Kier molecular flexibility index (Phi) is 8.77. The van der Waals surface area contributed by atoms with Gasteiger partial charge in [-0.05, 0) is 66.1 Å². The quantitative estimate of drug-likeness (QED) is 0.202. The van der Waals surface area contributed by atoms with Crippen molar-refractivity contribution < 1.29 is 37.7 Å². The predicted octanol–water partition coefficient (Wildman–Crippen LogP) is 6.84. The van der Waals surface area contributed by atoms with Crippen LogP contribution in [-0.4, -0.2) is 41.8 Å². The molecule has 3 atom stereocenters. The Labute approximate surface area is 259 Å². The fraction of sp³-hybridized carbons (Fsp3) is 0.257. The first-order valence-electron chi connectivity index (χ1n) is 14.7. The number of ether oxygens (including phenoxy) is 3. The summed E-state index contributed by atoms with van der Waals surface area (Å²) in [6.45, 7) is 0.613. The number of carbonyl (C=O) groups is 2. The molecule has 0 unspecified atom stereocenters. The number of carbonyl (C=O) groups excluding carboxylic acids is 2. The van der Waals surface area contributed by atoms with Crippen LogP contribution < -0.4 is 5.32 Å². The van der Waals surface area contributed by atoms with Crippen molar-refractivity contribution >= 4 is 17.7 Å². The number of phenolic OH excluding ortho intramolecular Hbond substituents is 1. The molecule has 2 N–H and O–H groups in total. The van der Waals surface area contributed by atoms with Gasteiger partial charge in [0.05, 0.1) is 25.2 Å². The summed E-state index contributed by atoms with van der Waals surface area (Å²) in [5, 5.41) is 13.4. The van der Waals surface area contributed by atoms with Gasteiger partial charge >= 0.3 is 6.09 Å². The van der Waals surface area contributed by atoms with Crippen LogP contribution in [0.25, 0.3) is 0 Å². The number of anilines is 1. The minimum Gasteiger partial charge on any atom is -0.508 e. The normalized spacial score (nSPS) is 18.8. The second-order valence-corrected chi connectivity index (χ2v) is 11.0. The molecule has 4 aromatic rings. The number of rotatable bonds is 10. The Morgan fingerprint density at radius 1 is 0.889 bits per heavy atom. The third kappa shape index (κ3) is 6.52. The van der Waals surface area contributed by atoms with Crippen molar-refractivity contribution in [3.63, 3.8) is 0 Å². The lowest BCUT2D eigenvalue weighted by Crippen LogP contribution is -2.43. The predicted molar refractivity (Wildman–Crippen MR) is 161 cm³/mol. The molecule has 8 nitrogen and oxygen atoms in total. The molecular formula is C35H32F2N2O6. The number of benzene rings is 4. The molecule has 0 bridgehead atoms. The van der Waals surface area contributed by atoms with Crippen LogP contribution in [0.5, 0.6) is 5.75 Å². The summed E-state index contributed by atoms with van der Waals surface area (Å²) in [4.78, 5) is 29.0. The van der Waals surface area contributed by atoms with Gasteiger partial charge in [-0.2, -0.15) is 0 Å². The maximum atomic E-state index is 14.7. The molecule has 2 aliphatic heterocycles. The van der Waals surface area contributed by atoms with Crippen molar-refractivity contribution in [1.29, 1.82) is 0 Å². The lowest BCUT2D eigenvalue weighted by molar-refractivity contribution is -0.174. The molecule has 0 saturated carbocycles. The highest BCUT2D eigenvalue weighted by Gasteiger charge is 2.46. The minimum atomic E-state index is -1.24. The van der Waals surface area contributed by atoms with E-state index in [-0.39, 0.29) is 25.2 Å². The van der Waals surface area contributed by atoms with Crippen molar-refractivity contribution in [2.24, 2.45) is 5.92 Å². The van der Waals surface area contributed by atoms with Gasteiger partial charge in [0.2, 0.25) is 5.91 Å². The highest BCUT2D eigenvalue weighted by atomic mass is 19.1. The van der Waals surface area contributed by atoms with E-state index in [0.29, 0.717) is 30.0 Å². The number of phenols is 1. The highest BCUT2D eigenvalue weighted by Crippen LogP contribution is 2.42. The van der Waals surface area contributed by atoms with Crippen LogP contribution in [0.15, 0.2) is 103 Å². The number of nitrogens with one attached hydrogen (secondary N) is 1. The Morgan fingerprint density at radius 2 is 1.51 bits per heavy atom. The van der Waals surface area contributed by atoms with Crippen LogP contribution in [-0.2, 0) is 24.8 Å². The highest BCUT2D eigenvalue weighted by molar-refractivity contribution is 5.95. The number of nitrogens with zero attached hydrogens (tertiary/aromatic N) is 1. The van der Waals surface area contributed by atoms with Crippen molar-refractivity contribution in [3.8, 4) is 5.75 Å². The largest absolute Gasteiger partial charge is 0.508 e. The molecular weight excluding hydrogens is 582 g/mol. The van der Waals surface area contributed by atoms with E-state index in [9.17, 15) is 23.5 Å². The Morgan fingerprint density at radius 3 is 2.16 bits per heavy atom. The van der Waals surface area contributed by atoms with Crippen molar-refractivity contribution in [2.75, 3.05) is 25.1 Å². The van der Waals surface area contributed by atoms with Gasteiger partial charge in [0.25, 0.3) is 0 Å². The average Bonchev–Trinajstić information content (AvgIpc) is 3.70. The molecule has 2 amide bonds. The summed E-state index contributed by atoms with van der Waals surface area (Å²) in [5.41, 5.74) is 2.53. The number of aromatic hydroxyl groups is 1. The molecule has 2 saturated heterocycles. The van der Waals surface area contributed by atoms with E-state index in [1.54, 1.807) is 36.4 Å². The maximum Gasteiger partial charge on any atom is 0.417 e. The lowest BCUT2D eigenvalue weighted by atomic mass is 9.84. The zero-order valence-corrected chi connectivity index (χ0v) is 24.3. The van der Waals surface area contributed by atoms with E-state index in [2.05, 4.69) is 5.32 Å². The van der Waals surface area contributed by atoms with Crippen LogP contribution in [0.3, 0.4) is 0 Å². The van der Waals surface area contributed by atoms with Crippen molar-refractivity contribution in [3.05, 3.63) is 131 Å². The topological polar surface area (TPSA) is 97.3 Å². The zero-order valence-electron chi connectivity index (χ0n) is 24.3. The molecule has 6 rings (SSSR count). The van der Waals surface area contributed by atoms with Gasteiger partial charge in [-0.3, -0.25) is 4.79 Å². The molecule has 4 aromatic carbocycles. The fourth-order valence-electron chi connectivity index (χ4n) is 5.98. The molecule has 232 valence electrons. The minimum absolute atomic E-state index is 0.00229. The summed E-state index contributed by atoms with van der Waals surface area (Å²) in [6, 6.07) is 25.7. The molecule has 2 fully saturated rings. The van der Waals surface area contributed by atoms with Crippen molar-refractivity contribution in [1.82, 2.24) is 4.90 Å². The van der Waals surface area contributed by atoms with Crippen LogP contribution in [0.2, 0.25) is 0 Å². The van der Waals surface area contributed by atoms with E-state index in [0.717, 1.165) is 10.5 Å². The molecule has 0 radical (unpaired) electrons. The molecule has 0 spiro atoms. The summed E-state index contributed by atoms with van der Waals surface area (Å²) in [6.07, 6.45) is -0.416. The third-order valence-corrected chi connectivity index (χ3v) is 8.26. The number of cyclic esters (lactones) is 1. The summed E-state index contributed by atoms with van der Waals surface area (Å²) in [5.74, 6) is -3.44. The first-order valence-corrected chi connectivity index (χ1v) is 14.7. The second-order valence-electron chi connectivity index (χ2n) is 11.0. The van der Waals surface area contributed by atoms with Gasteiger partial charge in [0.1, 0.15) is 30.0 Å². The number of hydrogen-bond donors (Lipinski definition) is 2. The van der Waals surface area contributed by atoms with Gasteiger partial charge in [0, 0.05) is 17.7 Å². The molecule has 2 aliphatic rings. The number of halogens is 2. The monoisotopic (exact) mass is 614 g/mol. The Hall–Kier alpha value is -4.80. The average molecular weight is 615 g/mol. The van der Waals surface area contributed by atoms with Crippen molar-refractivity contribution in [2.45, 2.75) is 30.7 Å². The smallest absolute Gasteiger partial charge is 0.417 e. The van der Waals surface area contributed by atoms with E-state index in [1.807, 2.05) is 30.3 Å². The van der Waals surface area contributed by atoms with Gasteiger partial charge < -0.3 is 24.6 Å². The summed E-state index contributed by atoms with van der Waals surface area (Å²) < 4.78 is 45.3. The lowest BCUT2D eigenvalue weighted by Gasteiger charge is -2.35. The fourth-order valence-corrected chi connectivity index (χ4v) is 5.98. The van der Waals surface area contributed by atoms with Crippen LogP contribution in [0.4, 0.5) is 19.3 Å². The van der Waals surface area contributed by atoms with E-state index >= 15 is 0 Å². The number of amides is 2. The molecule has 0 aromatic heterocycles. The molecule has 10 heteroatoms. The standard InChI is InChI=1S/C35H32F2N2O6/c36-26-10-8-25(9-11-26)35(44-20-21-45-35)19-18-30(33(41)39-31(22-43-34(39)42)23-4-2-1-3-5-23)32(24-6-16-29(40)17-7-24)38-28-14-12-27(37)13-15-28/h1-17,30-32,38,40H,18-22H2/t30-,31-,32-/m1/s1. The van der Waals surface area contributed by atoms with Gasteiger partial charge in [-0.15, -0.1) is 0 Å². The first kappa shape index (κ1) is 30.2. The van der Waals surface area contributed by atoms with Crippen LogP contribution >= 0.6 is 0 Å². The summed E-state index contributed by atoms with van der Waals surface area (Å²) in [7, 11) is 0.